The predicted octanol–water partition coefficient (Wildman–Crippen LogP) is 5.02. The van der Waals surface area contributed by atoms with Crippen LogP contribution >= 0.6 is 0 Å². The molecule has 0 aliphatic rings. The fourth-order valence-electron chi connectivity index (χ4n) is 3.62. The molecule has 0 fully saturated rings. The molecule has 0 aliphatic carbocycles. The van der Waals surface area contributed by atoms with Crippen LogP contribution in [0.25, 0.3) is 16.7 Å². The molecule has 0 saturated heterocycles. The maximum Gasteiger partial charge on any atom is 0.324 e. The molecule has 0 atom stereocenters. The van der Waals surface area contributed by atoms with Gasteiger partial charge >= 0.3 is 6.03 Å². The van der Waals surface area contributed by atoms with Crippen LogP contribution < -0.4 is 15.4 Å². The number of hydrogen-bond donors (Lipinski definition) is 3. The third-order valence-electron chi connectivity index (χ3n) is 5.53. The van der Waals surface area contributed by atoms with Crippen molar-refractivity contribution < 1.29 is 9.53 Å². The van der Waals surface area contributed by atoms with Crippen LogP contribution in [0, 0.1) is 0 Å². The van der Waals surface area contributed by atoms with E-state index < -0.39 is 0 Å². The first-order valence-electron chi connectivity index (χ1n) is 11.7. The zero-order chi connectivity index (χ0) is 25.0. The Labute approximate surface area is 205 Å². The van der Waals surface area contributed by atoms with Crippen molar-refractivity contribution in [1.29, 1.82) is 0 Å². The van der Waals surface area contributed by atoms with Gasteiger partial charge in [-0.15, -0.1) is 0 Å². The molecule has 0 saturated carbocycles. The molecule has 9 nitrogen and oxygen atoms in total. The molecule has 0 radical (unpaired) electrons. The van der Waals surface area contributed by atoms with E-state index in [1.54, 1.807) is 6.33 Å². The summed E-state index contributed by atoms with van der Waals surface area (Å²) in [5.74, 6) is 1.37. The summed E-state index contributed by atoms with van der Waals surface area (Å²) in [5.41, 5.74) is 4.26. The summed E-state index contributed by atoms with van der Waals surface area (Å²) in [6, 6.07) is 15.0. The Kier molecular flexibility index (Phi) is 7.07. The normalized spacial score (nSPS) is 11.7. The number of hydrogen-bond acceptors (Lipinski definition) is 5. The number of amides is 2. The van der Waals surface area contributed by atoms with Crippen LogP contribution in [-0.2, 0) is 5.41 Å². The second kappa shape index (κ2) is 10.2. The molecule has 2 aromatic carbocycles. The number of fused-ring (bicyclic) bond motifs is 1. The highest BCUT2D eigenvalue weighted by Crippen LogP contribution is 2.24. The highest BCUT2D eigenvalue weighted by molar-refractivity contribution is 5.99. The molecule has 0 unspecified atom stereocenters. The highest BCUT2D eigenvalue weighted by Gasteiger charge is 2.18. The average Bonchev–Trinajstić information content (AvgIpc) is 3.44. The predicted molar refractivity (Wildman–Crippen MR) is 140 cm³/mol. The Morgan fingerprint density at radius 1 is 1.09 bits per heavy atom. The van der Waals surface area contributed by atoms with Crippen molar-refractivity contribution in [3.05, 3.63) is 60.6 Å². The minimum absolute atomic E-state index is 0.0965. The largest absolute Gasteiger partial charge is 0.493 e. The molecule has 2 heterocycles. The van der Waals surface area contributed by atoms with Crippen molar-refractivity contribution in [2.45, 2.75) is 32.6 Å². The van der Waals surface area contributed by atoms with Crippen molar-refractivity contribution in [2.75, 3.05) is 37.9 Å². The smallest absolute Gasteiger partial charge is 0.324 e. The molecular formula is C26H33N7O2. The van der Waals surface area contributed by atoms with E-state index in [0.717, 1.165) is 41.1 Å². The number of H-pyrrole nitrogens is 1. The second-order valence-corrected chi connectivity index (χ2v) is 9.81. The molecule has 0 aliphatic heterocycles. The lowest BCUT2D eigenvalue weighted by molar-refractivity contribution is 0.262. The number of carbonyl (C=O) groups is 1. The fourth-order valence-corrected chi connectivity index (χ4v) is 3.62. The Balaban J connectivity index is 1.37. The van der Waals surface area contributed by atoms with Crippen molar-refractivity contribution in [3.63, 3.8) is 0 Å². The van der Waals surface area contributed by atoms with E-state index in [2.05, 4.69) is 65.6 Å². The van der Waals surface area contributed by atoms with Gasteiger partial charge in [0.05, 0.1) is 23.3 Å². The number of aromatic amines is 1. The summed E-state index contributed by atoms with van der Waals surface area (Å²) in [5, 5.41) is 12.7. The number of imidazole rings is 1. The van der Waals surface area contributed by atoms with Gasteiger partial charge in [-0.25, -0.2) is 9.78 Å². The van der Waals surface area contributed by atoms with Crippen LogP contribution in [0.3, 0.4) is 0 Å². The van der Waals surface area contributed by atoms with Crippen LogP contribution in [0.1, 0.15) is 32.9 Å². The Hall–Kier alpha value is -3.85. The van der Waals surface area contributed by atoms with Gasteiger partial charge in [0.1, 0.15) is 17.9 Å². The third kappa shape index (κ3) is 6.19. The van der Waals surface area contributed by atoms with Crippen LogP contribution in [0.2, 0.25) is 0 Å². The van der Waals surface area contributed by atoms with Gasteiger partial charge in [0.25, 0.3) is 0 Å². The minimum Gasteiger partial charge on any atom is -0.493 e. The maximum atomic E-state index is 12.4. The molecule has 4 rings (SSSR count). The van der Waals surface area contributed by atoms with Crippen LogP contribution in [0.15, 0.2) is 54.9 Å². The van der Waals surface area contributed by atoms with E-state index in [9.17, 15) is 4.79 Å². The molecule has 0 bridgehead atoms. The van der Waals surface area contributed by atoms with Crippen molar-refractivity contribution >= 4 is 28.6 Å². The van der Waals surface area contributed by atoms with E-state index in [1.165, 1.54) is 0 Å². The third-order valence-corrected chi connectivity index (χ3v) is 5.53. The summed E-state index contributed by atoms with van der Waals surface area (Å²) >= 11 is 0. The molecule has 35 heavy (non-hydrogen) atoms. The van der Waals surface area contributed by atoms with Gasteiger partial charge in [-0.05, 0) is 56.9 Å². The summed E-state index contributed by atoms with van der Waals surface area (Å²) in [6.45, 7) is 7.87. The first-order valence-corrected chi connectivity index (χ1v) is 11.7. The first-order chi connectivity index (χ1) is 16.7. The Bertz CT molecular complexity index is 1280. The maximum absolute atomic E-state index is 12.4. The standard InChI is InChI=1S/C26H33N7O2/c1-26(2,3)23-16-24(31-30-23)29-25(34)28-18-7-9-19(10-8-18)33-17-27-21-15-20(11-12-22(21)33)35-14-6-13-32(4)5/h7-12,15-17H,6,13-14H2,1-5H3,(H3,28,29,30,31,34). The average molecular weight is 476 g/mol. The fraction of sp³-hybridized carbons (Fsp3) is 0.346. The Morgan fingerprint density at radius 3 is 2.54 bits per heavy atom. The summed E-state index contributed by atoms with van der Waals surface area (Å²) in [7, 11) is 4.11. The zero-order valence-electron chi connectivity index (χ0n) is 20.9. The van der Waals surface area contributed by atoms with Crippen molar-refractivity contribution in [1.82, 2.24) is 24.6 Å². The van der Waals surface area contributed by atoms with Gasteiger partial charge in [-0.1, -0.05) is 20.8 Å². The number of rotatable bonds is 8. The second-order valence-electron chi connectivity index (χ2n) is 9.81. The van der Waals surface area contributed by atoms with Gasteiger partial charge in [0.2, 0.25) is 0 Å². The molecule has 2 aromatic heterocycles. The topological polar surface area (TPSA) is 100 Å². The van der Waals surface area contributed by atoms with E-state index in [1.807, 2.05) is 53.1 Å². The quantitative estimate of drug-likeness (QED) is 0.311. The SMILES string of the molecule is CN(C)CCCOc1ccc2c(c1)ncn2-c1ccc(NC(=O)Nc2cc(C(C)(C)C)n[nH]2)cc1. The van der Waals surface area contributed by atoms with Gasteiger partial charge in [-0.2, -0.15) is 5.10 Å². The number of anilines is 2. The molecule has 3 N–H and O–H groups in total. The number of nitrogens with one attached hydrogen (secondary N) is 3. The monoisotopic (exact) mass is 475 g/mol. The van der Waals surface area contributed by atoms with Gasteiger partial charge in [0.15, 0.2) is 0 Å². The van der Waals surface area contributed by atoms with Crippen LogP contribution in [-0.4, -0.2) is 57.9 Å². The molecule has 4 aromatic rings. The number of nitrogens with zero attached hydrogens (tertiary/aromatic N) is 4. The number of aromatic nitrogens is 4. The minimum atomic E-state index is -0.340. The summed E-state index contributed by atoms with van der Waals surface area (Å²) in [4.78, 5) is 19.1. The van der Waals surface area contributed by atoms with Crippen LogP contribution in [0.4, 0.5) is 16.3 Å². The lowest BCUT2D eigenvalue weighted by Gasteiger charge is -2.13. The van der Waals surface area contributed by atoms with Crippen LogP contribution in [0.5, 0.6) is 5.75 Å². The number of benzene rings is 2. The van der Waals surface area contributed by atoms with E-state index >= 15 is 0 Å². The molecule has 184 valence electrons. The molecule has 9 heteroatoms. The van der Waals surface area contributed by atoms with Gasteiger partial charge in [-0.3, -0.25) is 15.0 Å². The van der Waals surface area contributed by atoms with Gasteiger partial charge in [0, 0.05) is 35.5 Å². The number of carbonyl (C=O) groups excluding carboxylic acids is 1. The van der Waals surface area contributed by atoms with E-state index in [0.29, 0.717) is 18.1 Å². The zero-order valence-corrected chi connectivity index (χ0v) is 20.9. The van der Waals surface area contributed by atoms with E-state index in [-0.39, 0.29) is 11.4 Å². The summed E-state index contributed by atoms with van der Waals surface area (Å²) in [6.07, 6.45) is 2.76. The first kappa shape index (κ1) is 24.3. The summed E-state index contributed by atoms with van der Waals surface area (Å²) < 4.78 is 7.87. The molecule has 2 amide bonds. The lowest BCUT2D eigenvalue weighted by Crippen LogP contribution is -2.19. The molecular weight excluding hydrogens is 442 g/mol. The van der Waals surface area contributed by atoms with Crippen molar-refractivity contribution in [2.24, 2.45) is 0 Å². The number of urea groups is 1. The molecule has 0 spiro atoms. The van der Waals surface area contributed by atoms with Gasteiger partial charge < -0.3 is 15.0 Å². The Morgan fingerprint density at radius 2 is 1.86 bits per heavy atom. The highest BCUT2D eigenvalue weighted by atomic mass is 16.5. The lowest BCUT2D eigenvalue weighted by atomic mass is 9.92. The number of ether oxygens (including phenoxy) is 1. The van der Waals surface area contributed by atoms with Crippen molar-refractivity contribution in [3.8, 4) is 11.4 Å². The van der Waals surface area contributed by atoms with E-state index in [4.69, 9.17) is 4.74 Å².